The molecule has 1 aromatic heterocycles. The molecule has 0 fully saturated rings. The van der Waals surface area contributed by atoms with E-state index in [1.807, 2.05) is 48.1 Å². The Hall–Kier alpha value is -2.55. The van der Waals surface area contributed by atoms with Gasteiger partial charge in [0.2, 0.25) is 0 Å². The average molecular weight is 491 g/mol. The number of phenolic OH excluding ortho intramolecular Hbond substituents is 1. The summed E-state index contributed by atoms with van der Waals surface area (Å²) in [5.74, 6) is 1.00. The first-order chi connectivity index (χ1) is 13.2. The number of hydrogen-bond donors (Lipinski definition) is 3. The van der Waals surface area contributed by atoms with Gasteiger partial charge in [0.15, 0.2) is 5.96 Å². The Kier molecular flexibility index (Phi) is 8.80. The predicted octanol–water partition coefficient (Wildman–Crippen LogP) is 3.51. The van der Waals surface area contributed by atoms with Crippen molar-refractivity contribution in [2.24, 2.45) is 4.99 Å². The van der Waals surface area contributed by atoms with Crippen molar-refractivity contribution in [2.75, 3.05) is 6.54 Å². The first kappa shape index (κ1) is 21.7. The van der Waals surface area contributed by atoms with E-state index in [2.05, 4.69) is 32.9 Å². The molecule has 0 aliphatic heterocycles. The Morgan fingerprint density at radius 1 is 1.07 bits per heavy atom. The number of aromatic hydroxyl groups is 1. The minimum absolute atomic E-state index is 0. The monoisotopic (exact) mass is 491 g/mol. The first-order valence-corrected chi connectivity index (χ1v) is 9.09. The van der Waals surface area contributed by atoms with E-state index in [9.17, 15) is 5.11 Å². The summed E-state index contributed by atoms with van der Waals surface area (Å²) in [5.41, 5.74) is 3.39. The lowest BCUT2D eigenvalue weighted by atomic mass is 10.1. The Morgan fingerprint density at radius 3 is 2.61 bits per heavy atom. The fourth-order valence-electron chi connectivity index (χ4n) is 2.80. The molecule has 148 valence electrons. The lowest BCUT2D eigenvalue weighted by Gasteiger charge is -2.14. The number of benzene rings is 2. The molecule has 0 spiro atoms. The summed E-state index contributed by atoms with van der Waals surface area (Å²) in [6.45, 7) is 4.72. The number of nitrogens with zero attached hydrogens (tertiary/aromatic N) is 3. The van der Waals surface area contributed by atoms with Crippen LogP contribution in [0.3, 0.4) is 0 Å². The third kappa shape index (κ3) is 6.56. The summed E-state index contributed by atoms with van der Waals surface area (Å²) in [7, 11) is 0. The van der Waals surface area contributed by atoms with Crippen LogP contribution in [0, 0.1) is 0 Å². The maximum Gasteiger partial charge on any atom is 0.191 e. The van der Waals surface area contributed by atoms with E-state index in [4.69, 9.17) is 0 Å². The molecule has 0 amide bonds. The van der Waals surface area contributed by atoms with Gasteiger partial charge in [-0.15, -0.1) is 24.0 Å². The molecule has 0 radical (unpaired) electrons. The summed E-state index contributed by atoms with van der Waals surface area (Å²) in [6.07, 6.45) is 3.75. The second-order valence-electron chi connectivity index (χ2n) is 6.19. The van der Waals surface area contributed by atoms with Gasteiger partial charge in [-0.25, -0.2) is 4.99 Å². The molecule has 0 saturated heterocycles. The van der Waals surface area contributed by atoms with E-state index >= 15 is 0 Å². The van der Waals surface area contributed by atoms with Gasteiger partial charge in [0.1, 0.15) is 5.75 Å². The van der Waals surface area contributed by atoms with Gasteiger partial charge in [-0.2, -0.15) is 5.10 Å². The molecule has 28 heavy (non-hydrogen) atoms. The SMILES string of the molecule is CCNC(=NCc1cccc(O)c1)NCc1ccccc1Cn1cccn1.I. The molecule has 0 aliphatic rings. The molecule has 3 rings (SSSR count). The molecular weight excluding hydrogens is 465 g/mol. The third-order valence-electron chi connectivity index (χ3n) is 4.13. The Balaban J connectivity index is 0.00000280. The van der Waals surface area contributed by atoms with Gasteiger partial charge in [-0.3, -0.25) is 4.68 Å². The number of rotatable bonds is 7. The number of aliphatic imine (C=N–C) groups is 1. The summed E-state index contributed by atoms with van der Waals surface area (Å²) in [4.78, 5) is 4.61. The number of guanidine groups is 1. The summed E-state index contributed by atoms with van der Waals surface area (Å²) >= 11 is 0. The number of halogens is 1. The standard InChI is InChI=1S/C21H25N5O.HI/c1-2-22-21(23-14-17-7-5-10-20(27)13-17)24-15-18-8-3-4-9-19(18)16-26-12-6-11-25-26;/h3-13,27H,2,14-16H2,1H3,(H2,22,23,24);1H. The van der Waals surface area contributed by atoms with Crippen molar-refractivity contribution in [2.45, 2.75) is 26.6 Å². The van der Waals surface area contributed by atoms with Gasteiger partial charge in [0.25, 0.3) is 0 Å². The predicted molar refractivity (Wildman–Crippen MR) is 123 cm³/mol. The van der Waals surface area contributed by atoms with Crippen LogP contribution in [0.25, 0.3) is 0 Å². The van der Waals surface area contributed by atoms with Crippen molar-refractivity contribution in [3.63, 3.8) is 0 Å². The molecule has 0 bridgehead atoms. The Morgan fingerprint density at radius 2 is 1.89 bits per heavy atom. The smallest absolute Gasteiger partial charge is 0.191 e. The van der Waals surface area contributed by atoms with Crippen LogP contribution in [0.1, 0.15) is 23.6 Å². The van der Waals surface area contributed by atoms with E-state index in [1.54, 1.807) is 18.3 Å². The highest BCUT2D eigenvalue weighted by atomic mass is 127. The van der Waals surface area contributed by atoms with Gasteiger partial charge >= 0.3 is 0 Å². The van der Waals surface area contributed by atoms with Gasteiger partial charge < -0.3 is 15.7 Å². The first-order valence-electron chi connectivity index (χ1n) is 9.09. The number of aromatic nitrogens is 2. The molecule has 6 nitrogen and oxygen atoms in total. The number of phenols is 1. The van der Waals surface area contributed by atoms with Crippen molar-refractivity contribution < 1.29 is 5.11 Å². The minimum atomic E-state index is 0. The third-order valence-corrected chi connectivity index (χ3v) is 4.13. The topological polar surface area (TPSA) is 74.5 Å². The van der Waals surface area contributed by atoms with Crippen molar-refractivity contribution in [3.8, 4) is 5.75 Å². The van der Waals surface area contributed by atoms with Crippen LogP contribution in [-0.2, 0) is 19.6 Å². The number of nitrogens with one attached hydrogen (secondary N) is 2. The van der Waals surface area contributed by atoms with E-state index < -0.39 is 0 Å². The van der Waals surface area contributed by atoms with E-state index in [1.165, 1.54) is 11.1 Å². The highest BCUT2D eigenvalue weighted by molar-refractivity contribution is 14.0. The maximum absolute atomic E-state index is 9.58. The Bertz CT molecular complexity index is 880. The molecule has 3 N–H and O–H groups in total. The van der Waals surface area contributed by atoms with Crippen LogP contribution in [-0.4, -0.2) is 27.4 Å². The van der Waals surface area contributed by atoms with Gasteiger partial charge in [-0.1, -0.05) is 36.4 Å². The van der Waals surface area contributed by atoms with Crippen molar-refractivity contribution in [1.29, 1.82) is 0 Å². The summed E-state index contributed by atoms with van der Waals surface area (Å²) < 4.78 is 1.92. The quantitative estimate of drug-likeness (QED) is 0.269. The number of hydrogen-bond acceptors (Lipinski definition) is 3. The van der Waals surface area contributed by atoms with Crippen LogP contribution >= 0.6 is 24.0 Å². The zero-order valence-electron chi connectivity index (χ0n) is 15.9. The lowest BCUT2D eigenvalue weighted by molar-refractivity contribution is 0.474. The average Bonchev–Trinajstić information content (AvgIpc) is 3.18. The molecule has 3 aromatic rings. The van der Waals surface area contributed by atoms with E-state index in [0.717, 1.165) is 24.6 Å². The normalized spacial score (nSPS) is 11.0. The van der Waals surface area contributed by atoms with Crippen LogP contribution in [0.4, 0.5) is 0 Å². The summed E-state index contributed by atoms with van der Waals surface area (Å²) in [5, 5.41) is 20.5. The van der Waals surface area contributed by atoms with Crippen LogP contribution in [0.2, 0.25) is 0 Å². The molecule has 2 aromatic carbocycles. The zero-order chi connectivity index (χ0) is 18.9. The highest BCUT2D eigenvalue weighted by Gasteiger charge is 2.05. The maximum atomic E-state index is 9.58. The van der Waals surface area contributed by atoms with Crippen molar-refractivity contribution in [1.82, 2.24) is 20.4 Å². The lowest BCUT2D eigenvalue weighted by Crippen LogP contribution is -2.37. The fourth-order valence-corrected chi connectivity index (χ4v) is 2.80. The van der Waals surface area contributed by atoms with Gasteiger partial charge in [-0.05, 0) is 41.8 Å². The Labute approximate surface area is 182 Å². The molecule has 0 aliphatic carbocycles. The fraction of sp³-hybridized carbons (Fsp3) is 0.238. The zero-order valence-corrected chi connectivity index (χ0v) is 18.2. The molecule has 1 heterocycles. The van der Waals surface area contributed by atoms with Gasteiger partial charge in [0.05, 0.1) is 13.1 Å². The van der Waals surface area contributed by atoms with Crippen LogP contribution in [0.5, 0.6) is 5.75 Å². The molecule has 0 atom stereocenters. The van der Waals surface area contributed by atoms with Gasteiger partial charge in [0, 0.05) is 25.5 Å². The van der Waals surface area contributed by atoms with E-state index in [-0.39, 0.29) is 29.7 Å². The van der Waals surface area contributed by atoms with Crippen LogP contribution < -0.4 is 10.6 Å². The second kappa shape index (κ2) is 11.3. The molecular formula is C21H26IN5O. The molecule has 0 saturated carbocycles. The molecule has 0 unspecified atom stereocenters. The minimum Gasteiger partial charge on any atom is -0.508 e. The molecule has 7 heteroatoms. The van der Waals surface area contributed by atoms with E-state index in [0.29, 0.717) is 13.1 Å². The second-order valence-corrected chi connectivity index (χ2v) is 6.19. The van der Waals surface area contributed by atoms with Crippen molar-refractivity contribution >= 4 is 29.9 Å². The van der Waals surface area contributed by atoms with Crippen LogP contribution in [0.15, 0.2) is 72.0 Å². The largest absolute Gasteiger partial charge is 0.508 e. The van der Waals surface area contributed by atoms with Crippen molar-refractivity contribution in [3.05, 3.63) is 83.7 Å². The summed E-state index contributed by atoms with van der Waals surface area (Å²) in [6, 6.07) is 17.4. The highest BCUT2D eigenvalue weighted by Crippen LogP contribution is 2.12.